The maximum absolute atomic E-state index is 4.27. The van der Waals surface area contributed by atoms with Crippen LogP contribution >= 0.6 is 0 Å². The third-order valence-electron chi connectivity index (χ3n) is 3.82. The van der Waals surface area contributed by atoms with Crippen LogP contribution in [0.15, 0.2) is 48.8 Å². The molecule has 2 aromatic rings. The minimum Gasteiger partial charge on any atom is -0.264 e. The summed E-state index contributed by atoms with van der Waals surface area (Å²) in [4.78, 5) is 4.27. The van der Waals surface area contributed by atoms with Gasteiger partial charge in [-0.2, -0.15) is 0 Å². The molecule has 1 nitrogen and oxygen atoms in total. The maximum atomic E-state index is 4.27. The Balaban J connectivity index is 2.06. The van der Waals surface area contributed by atoms with Crippen LogP contribution in [-0.2, 0) is 0 Å². The van der Waals surface area contributed by atoms with Crippen molar-refractivity contribution in [1.29, 1.82) is 0 Å². The summed E-state index contributed by atoms with van der Waals surface area (Å²) in [5, 5.41) is 0. The number of pyridine rings is 1. The Bertz CT molecular complexity index is 516. The van der Waals surface area contributed by atoms with Crippen molar-refractivity contribution in [3.05, 3.63) is 65.5 Å². The fourth-order valence-electron chi connectivity index (χ4n) is 3.05. The Morgan fingerprint density at radius 1 is 1.00 bits per heavy atom. The van der Waals surface area contributed by atoms with Crippen molar-refractivity contribution in [2.75, 3.05) is 0 Å². The van der Waals surface area contributed by atoms with Crippen molar-refractivity contribution in [3.63, 3.8) is 0 Å². The van der Waals surface area contributed by atoms with Gasteiger partial charge in [0.2, 0.25) is 0 Å². The monoisotopic (exact) mass is 223 g/mol. The summed E-state index contributed by atoms with van der Waals surface area (Å²) in [6, 6.07) is 13.0. The number of aromatic nitrogens is 1. The molecule has 1 heterocycles. The molecule has 1 aromatic heterocycles. The molecule has 1 aliphatic rings. The van der Waals surface area contributed by atoms with Gasteiger partial charge in [0.25, 0.3) is 0 Å². The SMILES string of the molecule is CC(C)C1c2ccncc2C1c1ccccc1. The van der Waals surface area contributed by atoms with Gasteiger partial charge >= 0.3 is 0 Å². The molecule has 1 aromatic carbocycles. The minimum absolute atomic E-state index is 0.542. The van der Waals surface area contributed by atoms with E-state index < -0.39 is 0 Å². The van der Waals surface area contributed by atoms with Gasteiger partial charge in [-0.05, 0) is 34.6 Å². The van der Waals surface area contributed by atoms with Crippen molar-refractivity contribution >= 4 is 0 Å². The van der Waals surface area contributed by atoms with E-state index in [-0.39, 0.29) is 0 Å². The predicted molar refractivity (Wildman–Crippen MR) is 70.1 cm³/mol. The highest BCUT2D eigenvalue weighted by atomic mass is 14.6. The first-order valence-electron chi connectivity index (χ1n) is 6.28. The number of hydrogen-bond donors (Lipinski definition) is 0. The quantitative estimate of drug-likeness (QED) is 0.750. The van der Waals surface area contributed by atoms with Crippen LogP contribution in [0.25, 0.3) is 0 Å². The van der Waals surface area contributed by atoms with Crippen LogP contribution in [0, 0.1) is 5.92 Å². The van der Waals surface area contributed by atoms with Crippen LogP contribution in [0.3, 0.4) is 0 Å². The van der Waals surface area contributed by atoms with Gasteiger partial charge in [-0.15, -0.1) is 0 Å². The molecule has 2 unspecified atom stereocenters. The van der Waals surface area contributed by atoms with E-state index in [1.54, 1.807) is 0 Å². The fourth-order valence-corrected chi connectivity index (χ4v) is 3.05. The van der Waals surface area contributed by atoms with Crippen molar-refractivity contribution in [3.8, 4) is 0 Å². The summed E-state index contributed by atoms with van der Waals surface area (Å²) in [6.45, 7) is 4.62. The van der Waals surface area contributed by atoms with Crippen LogP contribution in [0.2, 0.25) is 0 Å². The molecule has 3 rings (SSSR count). The van der Waals surface area contributed by atoms with E-state index in [4.69, 9.17) is 0 Å². The predicted octanol–water partition coefficient (Wildman–Crippen LogP) is 3.97. The molecule has 86 valence electrons. The number of benzene rings is 1. The average Bonchev–Trinajstić information content (AvgIpc) is 2.31. The Labute approximate surface area is 103 Å². The maximum Gasteiger partial charge on any atom is 0.0309 e. The van der Waals surface area contributed by atoms with Crippen LogP contribution in [0.5, 0.6) is 0 Å². The number of nitrogens with zero attached hydrogens (tertiary/aromatic N) is 1. The smallest absolute Gasteiger partial charge is 0.0309 e. The zero-order valence-electron chi connectivity index (χ0n) is 10.3. The van der Waals surface area contributed by atoms with E-state index in [9.17, 15) is 0 Å². The lowest BCUT2D eigenvalue weighted by molar-refractivity contribution is 0.402. The molecule has 1 aliphatic carbocycles. The van der Waals surface area contributed by atoms with Crippen LogP contribution in [0.4, 0.5) is 0 Å². The summed E-state index contributed by atoms with van der Waals surface area (Å²) >= 11 is 0. The topological polar surface area (TPSA) is 12.9 Å². The summed E-state index contributed by atoms with van der Waals surface area (Å²) in [7, 11) is 0. The summed E-state index contributed by atoms with van der Waals surface area (Å²) < 4.78 is 0. The van der Waals surface area contributed by atoms with Crippen LogP contribution < -0.4 is 0 Å². The van der Waals surface area contributed by atoms with Crippen LogP contribution in [0.1, 0.15) is 42.4 Å². The van der Waals surface area contributed by atoms with E-state index in [0.29, 0.717) is 17.8 Å². The zero-order valence-corrected chi connectivity index (χ0v) is 10.3. The zero-order chi connectivity index (χ0) is 11.8. The Hall–Kier alpha value is -1.63. The molecule has 1 heteroatoms. The normalized spacial score (nSPS) is 22.1. The second kappa shape index (κ2) is 3.99. The molecule has 0 fully saturated rings. The van der Waals surface area contributed by atoms with Gasteiger partial charge in [0.1, 0.15) is 0 Å². The van der Waals surface area contributed by atoms with Crippen molar-refractivity contribution in [2.45, 2.75) is 25.7 Å². The minimum atomic E-state index is 0.542. The summed E-state index contributed by atoms with van der Waals surface area (Å²) in [5.74, 6) is 1.87. The number of rotatable bonds is 2. The molecule has 0 saturated carbocycles. The van der Waals surface area contributed by atoms with E-state index in [1.807, 2.05) is 12.4 Å². The molecule has 0 radical (unpaired) electrons. The van der Waals surface area contributed by atoms with Gasteiger partial charge in [0.05, 0.1) is 0 Å². The van der Waals surface area contributed by atoms with Gasteiger partial charge in [0.15, 0.2) is 0 Å². The van der Waals surface area contributed by atoms with Gasteiger partial charge in [-0.3, -0.25) is 4.98 Å². The lowest BCUT2D eigenvalue weighted by Crippen LogP contribution is -2.29. The first-order valence-corrected chi connectivity index (χ1v) is 6.28. The van der Waals surface area contributed by atoms with E-state index in [0.717, 1.165) is 0 Å². The first-order chi connectivity index (χ1) is 8.29. The third-order valence-corrected chi connectivity index (χ3v) is 3.82. The third kappa shape index (κ3) is 1.57. The highest BCUT2D eigenvalue weighted by molar-refractivity contribution is 5.50. The average molecular weight is 223 g/mol. The Morgan fingerprint density at radius 3 is 2.47 bits per heavy atom. The van der Waals surface area contributed by atoms with E-state index in [1.165, 1.54) is 16.7 Å². The number of fused-ring (bicyclic) bond motifs is 1. The van der Waals surface area contributed by atoms with E-state index in [2.05, 4.69) is 55.2 Å². The molecule has 0 spiro atoms. The molecule has 0 saturated heterocycles. The van der Waals surface area contributed by atoms with Crippen molar-refractivity contribution in [2.24, 2.45) is 5.92 Å². The summed E-state index contributed by atoms with van der Waals surface area (Å²) in [6.07, 6.45) is 3.95. The second-order valence-corrected chi connectivity index (χ2v) is 5.16. The fraction of sp³-hybridized carbons (Fsp3) is 0.312. The Morgan fingerprint density at radius 2 is 1.76 bits per heavy atom. The highest BCUT2D eigenvalue weighted by Gasteiger charge is 2.40. The number of hydrogen-bond acceptors (Lipinski definition) is 1. The van der Waals surface area contributed by atoms with E-state index >= 15 is 0 Å². The largest absolute Gasteiger partial charge is 0.264 e. The lowest BCUT2D eigenvalue weighted by atomic mass is 9.61. The molecule has 0 amide bonds. The van der Waals surface area contributed by atoms with Crippen LogP contribution in [-0.4, -0.2) is 4.98 Å². The Kier molecular flexibility index (Phi) is 2.47. The van der Waals surface area contributed by atoms with Crippen molar-refractivity contribution in [1.82, 2.24) is 4.98 Å². The van der Waals surface area contributed by atoms with Gasteiger partial charge in [-0.25, -0.2) is 0 Å². The molecule has 2 atom stereocenters. The molecular weight excluding hydrogens is 206 g/mol. The van der Waals surface area contributed by atoms with Crippen molar-refractivity contribution < 1.29 is 0 Å². The standard InChI is InChI=1S/C16H17N/c1-11(2)15-13-8-9-17-10-14(13)16(15)12-6-4-3-5-7-12/h3-11,15-16H,1-2H3. The van der Waals surface area contributed by atoms with Gasteiger partial charge < -0.3 is 0 Å². The lowest BCUT2D eigenvalue weighted by Gasteiger charge is -2.42. The highest BCUT2D eigenvalue weighted by Crippen LogP contribution is 2.53. The molecule has 0 bridgehead atoms. The molecule has 0 aliphatic heterocycles. The molecule has 17 heavy (non-hydrogen) atoms. The molecule has 0 N–H and O–H groups in total. The van der Waals surface area contributed by atoms with Gasteiger partial charge in [0, 0.05) is 18.3 Å². The summed E-state index contributed by atoms with van der Waals surface area (Å²) in [5.41, 5.74) is 4.33. The molecular formula is C16H17N. The second-order valence-electron chi connectivity index (χ2n) is 5.16. The van der Waals surface area contributed by atoms with Gasteiger partial charge in [-0.1, -0.05) is 44.2 Å². The first kappa shape index (κ1) is 10.5.